The first-order valence-corrected chi connectivity index (χ1v) is 8.03. The fourth-order valence-electron chi connectivity index (χ4n) is 4.97. The van der Waals surface area contributed by atoms with E-state index in [9.17, 15) is 4.79 Å². The van der Waals surface area contributed by atoms with Gasteiger partial charge in [0.05, 0.1) is 13.2 Å². The Morgan fingerprint density at radius 3 is 2.25 bits per heavy atom. The molecule has 0 aromatic heterocycles. The molecule has 0 spiro atoms. The molecule has 0 atom stereocenters. The molecule has 0 heterocycles. The highest BCUT2D eigenvalue weighted by Crippen LogP contribution is 2.55. The number of urea groups is 1. The SMILES string of the molecule is NCCOCCNC(=O)NC12CC3CC(CC(C3)C1)C2. The molecule has 0 aromatic carbocycles. The maximum Gasteiger partial charge on any atom is 0.315 e. The van der Waals surface area contributed by atoms with Crippen molar-refractivity contribution < 1.29 is 9.53 Å². The van der Waals surface area contributed by atoms with Crippen LogP contribution >= 0.6 is 0 Å². The van der Waals surface area contributed by atoms with E-state index >= 15 is 0 Å². The van der Waals surface area contributed by atoms with E-state index in [1.165, 1.54) is 38.5 Å². The van der Waals surface area contributed by atoms with E-state index in [0.29, 0.717) is 26.3 Å². The van der Waals surface area contributed by atoms with Gasteiger partial charge >= 0.3 is 6.03 Å². The lowest BCUT2D eigenvalue weighted by atomic mass is 9.53. The van der Waals surface area contributed by atoms with E-state index in [4.69, 9.17) is 10.5 Å². The summed E-state index contributed by atoms with van der Waals surface area (Å²) < 4.78 is 5.26. The van der Waals surface area contributed by atoms with E-state index < -0.39 is 0 Å². The van der Waals surface area contributed by atoms with Crippen LogP contribution in [0, 0.1) is 17.8 Å². The molecule has 4 fully saturated rings. The number of ether oxygens (including phenoxy) is 1. The van der Waals surface area contributed by atoms with Gasteiger partial charge in [-0.3, -0.25) is 0 Å². The Morgan fingerprint density at radius 2 is 1.70 bits per heavy atom. The summed E-state index contributed by atoms with van der Waals surface area (Å²) in [4.78, 5) is 12.1. The van der Waals surface area contributed by atoms with Crippen LogP contribution in [0.15, 0.2) is 0 Å². The largest absolute Gasteiger partial charge is 0.378 e. The predicted octanol–water partition coefficient (Wildman–Crippen LogP) is 1.23. The van der Waals surface area contributed by atoms with Crippen LogP contribution in [0.25, 0.3) is 0 Å². The highest BCUT2D eigenvalue weighted by atomic mass is 16.5. The van der Waals surface area contributed by atoms with Gasteiger partial charge in [-0.1, -0.05) is 0 Å². The number of rotatable bonds is 6. The summed E-state index contributed by atoms with van der Waals surface area (Å²) in [5.41, 5.74) is 5.44. The minimum absolute atomic E-state index is 0.0247. The number of nitrogens with two attached hydrogens (primary N) is 1. The third kappa shape index (κ3) is 3.09. The zero-order chi connectivity index (χ0) is 14.0. The van der Waals surface area contributed by atoms with Crippen LogP contribution in [-0.2, 0) is 4.74 Å². The van der Waals surface area contributed by atoms with Crippen LogP contribution in [0.3, 0.4) is 0 Å². The topological polar surface area (TPSA) is 76.4 Å². The number of nitrogens with one attached hydrogen (secondary N) is 2. The van der Waals surface area contributed by atoms with Crippen molar-refractivity contribution in [1.29, 1.82) is 0 Å². The lowest BCUT2D eigenvalue weighted by molar-refractivity contribution is -0.0136. The molecular formula is C15H27N3O2. The highest BCUT2D eigenvalue weighted by molar-refractivity contribution is 5.74. The van der Waals surface area contributed by atoms with Crippen molar-refractivity contribution in [3.8, 4) is 0 Å². The van der Waals surface area contributed by atoms with Gasteiger partial charge in [-0.05, 0) is 56.3 Å². The standard InChI is InChI=1S/C15H27N3O2/c16-1-3-20-4-2-17-14(19)18-15-8-11-5-12(9-15)7-13(6-11)10-15/h11-13H,1-10,16H2,(H2,17,18,19). The normalized spacial score (nSPS) is 38.0. The lowest BCUT2D eigenvalue weighted by Crippen LogP contribution is -2.61. The van der Waals surface area contributed by atoms with Gasteiger partial charge in [-0.15, -0.1) is 0 Å². The van der Waals surface area contributed by atoms with Crippen molar-refractivity contribution in [3.63, 3.8) is 0 Å². The molecule has 0 aliphatic heterocycles. The van der Waals surface area contributed by atoms with Gasteiger partial charge in [0.15, 0.2) is 0 Å². The molecule has 20 heavy (non-hydrogen) atoms. The fourth-order valence-corrected chi connectivity index (χ4v) is 4.97. The zero-order valence-electron chi connectivity index (χ0n) is 12.2. The first-order valence-electron chi connectivity index (χ1n) is 8.03. The molecular weight excluding hydrogens is 254 g/mol. The molecule has 0 saturated heterocycles. The Morgan fingerprint density at radius 1 is 1.10 bits per heavy atom. The average Bonchev–Trinajstić information content (AvgIpc) is 2.36. The van der Waals surface area contributed by atoms with Gasteiger partial charge in [-0.2, -0.15) is 0 Å². The van der Waals surface area contributed by atoms with Gasteiger partial charge in [0.2, 0.25) is 0 Å². The molecule has 5 nitrogen and oxygen atoms in total. The Balaban J connectivity index is 1.44. The first kappa shape index (κ1) is 14.1. The van der Waals surface area contributed by atoms with Crippen molar-refractivity contribution in [2.75, 3.05) is 26.3 Å². The summed E-state index contributed by atoms with van der Waals surface area (Å²) in [7, 11) is 0. The summed E-state index contributed by atoms with van der Waals surface area (Å²) >= 11 is 0. The van der Waals surface area contributed by atoms with Crippen LogP contribution in [-0.4, -0.2) is 37.9 Å². The Labute approximate surface area is 121 Å². The molecule has 0 aromatic rings. The summed E-state index contributed by atoms with van der Waals surface area (Å²) in [6, 6.07) is -0.0247. The van der Waals surface area contributed by atoms with E-state index in [2.05, 4.69) is 10.6 Å². The van der Waals surface area contributed by atoms with Crippen molar-refractivity contribution in [2.45, 2.75) is 44.1 Å². The molecule has 114 valence electrons. The van der Waals surface area contributed by atoms with E-state index in [0.717, 1.165) is 17.8 Å². The van der Waals surface area contributed by atoms with Crippen LogP contribution < -0.4 is 16.4 Å². The molecule has 5 heteroatoms. The van der Waals surface area contributed by atoms with Crippen LogP contribution in [0.4, 0.5) is 4.79 Å². The van der Waals surface area contributed by atoms with Gasteiger partial charge in [0.25, 0.3) is 0 Å². The summed E-state index contributed by atoms with van der Waals surface area (Å²) in [6.07, 6.45) is 7.77. The van der Waals surface area contributed by atoms with Crippen LogP contribution in [0.5, 0.6) is 0 Å². The molecule has 4 saturated carbocycles. The van der Waals surface area contributed by atoms with Gasteiger partial charge in [-0.25, -0.2) is 4.79 Å². The Bertz CT molecular complexity index is 324. The maximum atomic E-state index is 12.1. The summed E-state index contributed by atoms with van der Waals surface area (Å²) in [6.45, 7) is 2.17. The second-order valence-electron chi connectivity index (χ2n) is 6.98. The van der Waals surface area contributed by atoms with E-state index in [1.807, 2.05) is 0 Å². The molecule has 4 bridgehead atoms. The van der Waals surface area contributed by atoms with E-state index in [1.54, 1.807) is 0 Å². The van der Waals surface area contributed by atoms with Crippen LogP contribution in [0.2, 0.25) is 0 Å². The van der Waals surface area contributed by atoms with Crippen LogP contribution in [0.1, 0.15) is 38.5 Å². The summed E-state index contributed by atoms with van der Waals surface area (Å²) in [5.74, 6) is 2.57. The predicted molar refractivity (Wildman–Crippen MR) is 77.3 cm³/mol. The quantitative estimate of drug-likeness (QED) is 0.641. The summed E-state index contributed by atoms with van der Waals surface area (Å²) in [5, 5.41) is 6.19. The highest BCUT2D eigenvalue weighted by Gasteiger charge is 2.51. The minimum Gasteiger partial charge on any atom is -0.378 e. The first-order chi connectivity index (χ1) is 9.69. The van der Waals surface area contributed by atoms with Crippen molar-refractivity contribution in [3.05, 3.63) is 0 Å². The molecule has 0 radical (unpaired) electrons. The Hall–Kier alpha value is -0.810. The third-order valence-corrected chi connectivity index (χ3v) is 5.21. The number of carbonyl (C=O) groups excluding carboxylic acids is 1. The van der Waals surface area contributed by atoms with Gasteiger partial charge in [0.1, 0.15) is 0 Å². The zero-order valence-corrected chi connectivity index (χ0v) is 12.2. The minimum atomic E-state index is -0.0247. The van der Waals surface area contributed by atoms with Crippen molar-refractivity contribution >= 4 is 6.03 Å². The maximum absolute atomic E-state index is 12.1. The molecule has 2 amide bonds. The van der Waals surface area contributed by atoms with Crippen molar-refractivity contribution in [2.24, 2.45) is 23.5 Å². The fraction of sp³-hybridized carbons (Fsp3) is 0.933. The molecule has 4 aliphatic rings. The molecule has 4 N–H and O–H groups in total. The lowest BCUT2D eigenvalue weighted by Gasteiger charge is -2.56. The van der Waals surface area contributed by atoms with Crippen molar-refractivity contribution in [1.82, 2.24) is 10.6 Å². The smallest absolute Gasteiger partial charge is 0.315 e. The Kier molecular flexibility index (Phi) is 4.17. The van der Waals surface area contributed by atoms with E-state index in [-0.39, 0.29) is 11.6 Å². The third-order valence-electron chi connectivity index (χ3n) is 5.21. The number of hydrogen-bond acceptors (Lipinski definition) is 3. The molecule has 4 rings (SSSR count). The number of carbonyl (C=O) groups is 1. The van der Waals surface area contributed by atoms with Gasteiger partial charge < -0.3 is 21.1 Å². The molecule has 0 unspecified atom stereocenters. The second-order valence-corrected chi connectivity index (χ2v) is 6.98. The monoisotopic (exact) mass is 281 g/mol. The number of hydrogen-bond donors (Lipinski definition) is 3. The second kappa shape index (κ2) is 5.90. The molecule has 4 aliphatic carbocycles. The van der Waals surface area contributed by atoms with Gasteiger partial charge in [0, 0.05) is 18.6 Å². The number of amides is 2. The average molecular weight is 281 g/mol.